The van der Waals surface area contributed by atoms with E-state index >= 15 is 0 Å². The third-order valence-electron chi connectivity index (χ3n) is 6.18. The van der Waals surface area contributed by atoms with Crippen molar-refractivity contribution in [1.29, 1.82) is 0 Å². The molecule has 0 aliphatic carbocycles. The van der Waals surface area contributed by atoms with Crippen molar-refractivity contribution in [2.24, 2.45) is 0 Å². The standard InChI is InChI=1S/C28H24ClN3O5/c1-17-8-13-22(29)23(14-17)30-26(35)24(25(34)21-11-9-20(16-33)10-12-21)32-27(36)18(2)31(28(32)37)15-19-6-4-3-5-7-19/h3-14,16,18,24H,15H2,1-2H3,(H,30,35). The number of anilines is 1. The summed E-state index contributed by atoms with van der Waals surface area (Å²) in [6, 6.07) is 16.2. The van der Waals surface area contributed by atoms with Gasteiger partial charge in [0, 0.05) is 17.7 Å². The van der Waals surface area contributed by atoms with Gasteiger partial charge >= 0.3 is 6.03 Å². The third-order valence-corrected chi connectivity index (χ3v) is 6.51. The zero-order valence-electron chi connectivity index (χ0n) is 20.2. The van der Waals surface area contributed by atoms with Gasteiger partial charge in [-0.15, -0.1) is 0 Å². The highest BCUT2D eigenvalue weighted by Gasteiger charge is 2.50. The molecule has 1 aliphatic rings. The molecule has 0 aromatic heterocycles. The van der Waals surface area contributed by atoms with Crippen LogP contribution in [0, 0.1) is 6.92 Å². The van der Waals surface area contributed by atoms with Crippen LogP contribution in [0.1, 0.15) is 38.8 Å². The van der Waals surface area contributed by atoms with Crippen LogP contribution in [0.15, 0.2) is 72.8 Å². The number of nitrogens with one attached hydrogen (secondary N) is 1. The predicted octanol–water partition coefficient (Wildman–Crippen LogP) is 4.50. The number of carbonyl (C=O) groups is 5. The van der Waals surface area contributed by atoms with Gasteiger partial charge in [0.25, 0.3) is 11.8 Å². The van der Waals surface area contributed by atoms with Crippen LogP contribution < -0.4 is 5.32 Å². The van der Waals surface area contributed by atoms with Crippen molar-refractivity contribution in [3.05, 3.63) is 100 Å². The molecular weight excluding hydrogens is 494 g/mol. The molecule has 0 radical (unpaired) electrons. The Morgan fingerprint density at radius 1 is 1.03 bits per heavy atom. The molecule has 37 heavy (non-hydrogen) atoms. The number of imide groups is 1. The van der Waals surface area contributed by atoms with E-state index in [0.717, 1.165) is 11.1 Å². The summed E-state index contributed by atoms with van der Waals surface area (Å²) in [6.07, 6.45) is 0.620. The number of carbonyl (C=O) groups excluding carboxylic acids is 5. The van der Waals surface area contributed by atoms with E-state index < -0.39 is 35.7 Å². The topological polar surface area (TPSA) is 104 Å². The van der Waals surface area contributed by atoms with E-state index in [1.165, 1.54) is 29.2 Å². The van der Waals surface area contributed by atoms with Crippen LogP contribution in [0.2, 0.25) is 5.02 Å². The van der Waals surface area contributed by atoms with Crippen LogP contribution in [-0.4, -0.2) is 51.8 Å². The lowest BCUT2D eigenvalue weighted by molar-refractivity contribution is -0.133. The maximum atomic E-state index is 13.6. The van der Waals surface area contributed by atoms with Crippen LogP contribution >= 0.6 is 11.6 Å². The van der Waals surface area contributed by atoms with E-state index in [0.29, 0.717) is 16.7 Å². The summed E-state index contributed by atoms with van der Waals surface area (Å²) in [6.45, 7) is 3.49. The van der Waals surface area contributed by atoms with Crippen molar-refractivity contribution >= 4 is 47.2 Å². The van der Waals surface area contributed by atoms with E-state index in [1.807, 2.05) is 30.3 Å². The summed E-state index contributed by atoms with van der Waals surface area (Å²) in [4.78, 5) is 67.1. The molecule has 4 amide bonds. The van der Waals surface area contributed by atoms with Gasteiger partial charge in [0.1, 0.15) is 12.3 Å². The van der Waals surface area contributed by atoms with Gasteiger partial charge in [0.15, 0.2) is 11.8 Å². The van der Waals surface area contributed by atoms with Gasteiger partial charge < -0.3 is 10.2 Å². The summed E-state index contributed by atoms with van der Waals surface area (Å²) in [5.74, 6) is -2.32. The van der Waals surface area contributed by atoms with Crippen LogP contribution in [0.25, 0.3) is 0 Å². The van der Waals surface area contributed by atoms with Crippen molar-refractivity contribution in [3.8, 4) is 0 Å². The molecule has 9 heteroatoms. The first kappa shape index (κ1) is 25.8. The average Bonchev–Trinajstić information content (AvgIpc) is 3.10. The molecule has 1 aliphatic heterocycles. The van der Waals surface area contributed by atoms with E-state index in [9.17, 15) is 24.0 Å². The fraction of sp³-hybridized carbons (Fsp3) is 0.179. The van der Waals surface area contributed by atoms with E-state index in [1.54, 1.807) is 32.0 Å². The van der Waals surface area contributed by atoms with Gasteiger partial charge in [-0.05, 0) is 37.1 Å². The summed E-state index contributed by atoms with van der Waals surface area (Å²) >= 11 is 6.24. The number of urea groups is 1. The second-order valence-electron chi connectivity index (χ2n) is 8.76. The Kier molecular flexibility index (Phi) is 7.50. The number of hydrogen-bond donors (Lipinski definition) is 1. The number of nitrogens with zero attached hydrogens (tertiary/aromatic N) is 2. The molecule has 2 atom stereocenters. The Labute approximate surface area is 218 Å². The van der Waals surface area contributed by atoms with Gasteiger partial charge in [-0.2, -0.15) is 0 Å². The lowest BCUT2D eigenvalue weighted by Gasteiger charge is -2.25. The molecule has 0 bridgehead atoms. The fourth-order valence-corrected chi connectivity index (χ4v) is 4.29. The van der Waals surface area contributed by atoms with Crippen LogP contribution in [0.5, 0.6) is 0 Å². The van der Waals surface area contributed by atoms with Crippen molar-refractivity contribution in [2.45, 2.75) is 32.5 Å². The molecule has 1 saturated heterocycles. The van der Waals surface area contributed by atoms with Gasteiger partial charge in [0.05, 0.1) is 10.7 Å². The third kappa shape index (κ3) is 5.29. The second kappa shape index (κ2) is 10.8. The summed E-state index contributed by atoms with van der Waals surface area (Å²) < 4.78 is 0. The van der Waals surface area contributed by atoms with Crippen molar-refractivity contribution in [1.82, 2.24) is 9.80 Å². The molecule has 188 valence electrons. The van der Waals surface area contributed by atoms with Crippen LogP contribution in [-0.2, 0) is 16.1 Å². The Hall–Kier alpha value is -4.30. The molecule has 8 nitrogen and oxygen atoms in total. The van der Waals surface area contributed by atoms with Crippen molar-refractivity contribution in [3.63, 3.8) is 0 Å². The first-order valence-corrected chi connectivity index (χ1v) is 11.9. The SMILES string of the molecule is Cc1ccc(Cl)c(NC(=O)C(C(=O)c2ccc(C=O)cc2)N2C(=O)C(C)N(Cc3ccccc3)C2=O)c1. The molecule has 3 aromatic carbocycles. The summed E-state index contributed by atoms with van der Waals surface area (Å²) in [5, 5.41) is 2.84. The second-order valence-corrected chi connectivity index (χ2v) is 9.17. The predicted molar refractivity (Wildman–Crippen MR) is 138 cm³/mol. The lowest BCUT2D eigenvalue weighted by Crippen LogP contribution is -2.52. The highest BCUT2D eigenvalue weighted by atomic mass is 35.5. The molecule has 1 heterocycles. The maximum Gasteiger partial charge on any atom is 0.328 e. The normalized spacial score (nSPS) is 16.0. The molecular formula is C28H24ClN3O5. The highest BCUT2D eigenvalue weighted by Crippen LogP contribution is 2.27. The van der Waals surface area contributed by atoms with Gasteiger partial charge in [-0.3, -0.25) is 19.2 Å². The van der Waals surface area contributed by atoms with Crippen molar-refractivity contribution in [2.75, 3.05) is 5.32 Å². The molecule has 0 spiro atoms. The first-order chi connectivity index (χ1) is 17.7. The summed E-state index contributed by atoms with van der Waals surface area (Å²) in [5.41, 5.74) is 2.24. The number of benzene rings is 3. The number of hydrogen-bond acceptors (Lipinski definition) is 5. The minimum absolute atomic E-state index is 0.0656. The number of aryl methyl sites for hydroxylation is 1. The number of rotatable bonds is 8. The van der Waals surface area contributed by atoms with Gasteiger partial charge in [-0.1, -0.05) is 72.3 Å². The average molecular weight is 518 g/mol. The Morgan fingerprint density at radius 3 is 2.35 bits per heavy atom. The molecule has 1 N–H and O–H groups in total. The fourth-order valence-electron chi connectivity index (χ4n) is 4.13. The molecule has 0 saturated carbocycles. The van der Waals surface area contributed by atoms with E-state index in [2.05, 4.69) is 5.32 Å². The monoisotopic (exact) mass is 517 g/mol. The number of amides is 4. The van der Waals surface area contributed by atoms with E-state index in [4.69, 9.17) is 11.6 Å². The Morgan fingerprint density at radius 2 is 1.70 bits per heavy atom. The Bertz CT molecular complexity index is 1370. The summed E-state index contributed by atoms with van der Waals surface area (Å²) in [7, 11) is 0. The molecule has 1 fully saturated rings. The number of halogens is 1. The van der Waals surface area contributed by atoms with E-state index in [-0.39, 0.29) is 22.8 Å². The lowest BCUT2D eigenvalue weighted by atomic mass is 10.0. The Balaban J connectivity index is 1.72. The molecule has 4 rings (SSSR count). The largest absolute Gasteiger partial charge is 0.328 e. The number of aldehydes is 1. The molecule has 2 unspecified atom stereocenters. The first-order valence-electron chi connectivity index (χ1n) is 11.6. The number of Topliss-reactive ketones (excluding diaryl/α,β-unsaturated/α-hetero) is 1. The maximum absolute atomic E-state index is 13.6. The minimum Gasteiger partial charge on any atom is -0.323 e. The minimum atomic E-state index is -1.79. The quantitative estimate of drug-likeness (QED) is 0.205. The van der Waals surface area contributed by atoms with Gasteiger partial charge in [0.2, 0.25) is 0 Å². The van der Waals surface area contributed by atoms with Crippen LogP contribution in [0.4, 0.5) is 10.5 Å². The number of ketones is 1. The smallest absolute Gasteiger partial charge is 0.323 e. The zero-order chi connectivity index (χ0) is 26.7. The zero-order valence-corrected chi connectivity index (χ0v) is 20.9. The van der Waals surface area contributed by atoms with Crippen molar-refractivity contribution < 1.29 is 24.0 Å². The van der Waals surface area contributed by atoms with Gasteiger partial charge in [-0.25, -0.2) is 9.69 Å². The molecule has 3 aromatic rings. The van der Waals surface area contributed by atoms with Crippen LogP contribution in [0.3, 0.4) is 0 Å². The highest BCUT2D eigenvalue weighted by molar-refractivity contribution is 6.34.